The number of rotatable bonds is 5. The quantitative estimate of drug-likeness (QED) is 0.397. The lowest BCUT2D eigenvalue weighted by atomic mass is 9.94. The van der Waals surface area contributed by atoms with E-state index in [-0.39, 0.29) is 17.4 Å². The lowest BCUT2D eigenvalue weighted by molar-refractivity contribution is -0.140. The molecule has 8 heteroatoms. The number of aliphatic hydroxyl groups is 1. The third-order valence-corrected chi connectivity index (χ3v) is 6.50. The van der Waals surface area contributed by atoms with Crippen LogP contribution in [0.5, 0.6) is 5.75 Å². The second-order valence-corrected chi connectivity index (χ2v) is 9.24. The maximum absolute atomic E-state index is 13.1. The molecule has 1 saturated heterocycles. The number of hydrogen-bond donors (Lipinski definition) is 1. The van der Waals surface area contributed by atoms with Gasteiger partial charge in [0.15, 0.2) is 0 Å². The summed E-state index contributed by atoms with van der Waals surface area (Å²) in [6, 6.07) is 9.50. The highest BCUT2D eigenvalue weighted by Gasteiger charge is 2.46. The number of likely N-dealkylation sites (tertiary alicyclic amines) is 1. The molecule has 2 heterocycles. The molecule has 0 aliphatic carbocycles. The third-order valence-electron chi connectivity index (χ3n) is 5.76. The molecule has 1 amide bonds. The van der Waals surface area contributed by atoms with Gasteiger partial charge in [0.05, 0.1) is 21.7 Å². The van der Waals surface area contributed by atoms with Gasteiger partial charge in [-0.25, -0.2) is 0 Å². The number of Topliss-reactive ketones (excluding diaryl/α,β-unsaturated/α-hetero) is 1. The fraction of sp³-hybridized carbons (Fsp3) is 0.333. The number of fused-ring (bicyclic) bond motifs is 1. The molecule has 4 rings (SSSR count). The van der Waals surface area contributed by atoms with Crippen molar-refractivity contribution in [2.75, 3.05) is 27.2 Å². The molecule has 2 unspecified atom stereocenters. The standard InChI is InChI=1S/C24H24Cl2N2O4/c1-13-10-16-11-15(5-7-19(16)32-13)22(29)20-21(14-4-6-17(25)18(26)12-14)28(9-8-27(2)3)24(31)23(20)30/h4-7,11-13,21,29H,8-10H2,1-3H3. The number of benzene rings is 2. The molecular weight excluding hydrogens is 451 g/mol. The maximum atomic E-state index is 13.1. The van der Waals surface area contributed by atoms with Gasteiger partial charge in [0, 0.05) is 25.1 Å². The number of amides is 1. The van der Waals surface area contributed by atoms with Crippen molar-refractivity contribution in [2.24, 2.45) is 0 Å². The van der Waals surface area contributed by atoms with Crippen molar-refractivity contribution < 1.29 is 19.4 Å². The topological polar surface area (TPSA) is 70.1 Å². The van der Waals surface area contributed by atoms with Crippen LogP contribution in [0.15, 0.2) is 42.0 Å². The van der Waals surface area contributed by atoms with Crippen LogP contribution in [-0.4, -0.2) is 59.9 Å². The largest absolute Gasteiger partial charge is 0.507 e. The second-order valence-electron chi connectivity index (χ2n) is 8.42. The zero-order chi connectivity index (χ0) is 23.2. The van der Waals surface area contributed by atoms with E-state index in [1.54, 1.807) is 30.3 Å². The molecule has 1 fully saturated rings. The Kier molecular flexibility index (Phi) is 6.21. The fourth-order valence-corrected chi connectivity index (χ4v) is 4.48. The number of nitrogens with zero attached hydrogens (tertiary/aromatic N) is 2. The molecule has 2 aliphatic rings. The summed E-state index contributed by atoms with van der Waals surface area (Å²) in [7, 11) is 3.77. The van der Waals surface area contributed by atoms with E-state index in [1.807, 2.05) is 32.0 Å². The Morgan fingerprint density at radius 3 is 2.59 bits per heavy atom. The molecule has 0 bridgehead atoms. The van der Waals surface area contributed by atoms with Crippen molar-refractivity contribution >= 4 is 40.7 Å². The number of hydrogen-bond acceptors (Lipinski definition) is 5. The first kappa shape index (κ1) is 22.6. The zero-order valence-corrected chi connectivity index (χ0v) is 19.6. The van der Waals surface area contributed by atoms with Gasteiger partial charge in [0.2, 0.25) is 0 Å². The molecular formula is C24H24Cl2N2O4. The first-order valence-corrected chi connectivity index (χ1v) is 11.1. The molecule has 2 aromatic carbocycles. The molecule has 2 aliphatic heterocycles. The van der Waals surface area contributed by atoms with Gasteiger partial charge in [-0.1, -0.05) is 29.3 Å². The highest BCUT2D eigenvalue weighted by molar-refractivity contribution is 6.46. The molecule has 1 N–H and O–H groups in total. The summed E-state index contributed by atoms with van der Waals surface area (Å²) in [5, 5.41) is 11.9. The van der Waals surface area contributed by atoms with E-state index in [0.717, 1.165) is 11.3 Å². The van der Waals surface area contributed by atoms with Crippen LogP contribution in [-0.2, 0) is 16.0 Å². The highest BCUT2D eigenvalue weighted by Crippen LogP contribution is 2.41. The number of likely N-dealkylation sites (N-methyl/N-ethyl adjacent to an activating group) is 1. The van der Waals surface area contributed by atoms with Crippen LogP contribution in [0.1, 0.15) is 29.7 Å². The van der Waals surface area contributed by atoms with E-state index in [1.165, 1.54) is 4.90 Å². The summed E-state index contributed by atoms with van der Waals surface area (Å²) in [6.45, 7) is 2.84. The van der Waals surface area contributed by atoms with Gasteiger partial charge in [0.1, 0.15) is 17.6 Å². The Morgan fingerprint density at radius 2 is 1.91 bits per heavy atom. The van der Waals surface area contributed by atoms with Crippen molar-refractivity contribution in [3.63, 3.8) is 0 Å². The number of ether oxygens (including phenoxy) is 1. The van der Waals surface area contributed by atoms with Crippen LogP contribution in [0.3, 0.4) is 0 Å². The summed E-state index contributed by atoms with van der Waals surface area (Å²) in [5.74, 6) is -0.819. The highest BCUT2D eigenvalue weighted by atomic mass is 35.5. The van der Waals surface area contributed by atoms with Crippen LogP contribution < -0.4 is 4.74 Å². The lowest BCUT2D eigenvalue weighted by Gasteiger charge is -2.26. The minimum Gasteiger partial charge on any atom is -0.507 e. The smallest absolute Gasteiger partial charge is 0.295 e. The Balaban J connectivity index is 1.83. The van der Waals surface area contributed by atoms with Gasteiger partial charge in [0.25, 0.3) is 11.7 Å². The van der Waals surface area contributed by atoms with Gasteiger partial charge in [-0.3, -0.25) is 9.59 Å². The minimum absolute atomic E-state index is 0.0408. The van der Waals surface area contributed by atoms with Crippen LogP contribution in [0, 0.1) is 0 Å². The van der Waals surface area contributed by atoms with Crippen LogP contribution in [0.2, 0.25) is 10.0 Å². The van der Waals surface area contributed by atoms with Gasteiger partial charge < -0.3 is 19.6 Å². The lowest BCUT2D eigenvalue weighted by Crippen LogP contribution is -2.35. The van der Waals surface area contributed by atoms with E-state index in [9.17, 15) is 14.7 Å². The molecule has 0 aromatic heterocycles. The number of halogens is 2. The normalized spacial score (nSPS) is 21.9. The second kappa shape index (κ2) is 8.77. The van der Waals surface area contributed by atoms with Gasteiger partial charge in [-0.15, -0.1) is 0 Å². The molecule has 168 valence electrons. The van der Waals surface area contributed by atoms with E-state index in [0.29, 0.717) is 40.7 Å². The monoisotopic (exact) mass is 474 g/mol. The third kappa shape index (κ3) is 4.10. The molecule has 0 spiro atoms. The molecule has 6 nitrogen and oxygen atoms in total. The summed E-state index contributed by atoms with van der Waals surface area (Å²) in [5.41, 5.74) is 2.07. The van der Waals surface area contributed by atoms with E-state index in [2.05, 4.69) is 0 Å². The van der Waals surface area contributed by atoms with Crippen molar-refractivity contribution in [1.82, 2.24) is 9.80 Å². The van der Waals surface area contributed by atoms with Crippen molar-refractivity contribution in [1.29, 1.82) is 0 Å². The van der Waals surface area contributed by atoms with Gasteiger partial charge >= 0.3 is 0 Å². The number of ketones is 1. The molecule has 0 saturated carbocycles. The van der Waals surface area contributed by atoms with Crippen molar-refractivity contribution in [2.45, 2.75) is 25.5 Å². The summed E-state index contributed by atoms with van der Waals surface area (Å²) in [4.78, 5) is 29.5. The fourth-order valence-electron chi connectivity index (χ4n) is 4.17. The Labute approximate surface area is 197 Å². The Morgan fingerprint density at radius 1 is 1.16 bits per heavy atom. The van der Waals surface area contributed by atoms with E-state index >= 15 is 0 Å². The summed E-state index contributed by atoms with van der Waals surface area (Å²) >= 11 is 12.3. The zero-order valence-electron chi connectivity index (χ0n) is 18.1. The van der Waals surface area contributed by atoms with Crippen LogP contribution in [0.4, 0.5) is 0 Å². The predicted octanol–water partition coefficient (Wildman–Crippen LogP) is 4.30. The number of carbonyl (C=O) groups excluding carboxylic acids is 2. The average Bonchev–Trinajstić information content (AvgIpc) is 3.24. The number of aliphatic hydroxyl groups excluding tert-OH is 1. The van der Waals surface area contributed by atoms with Crippen LogP contribution >= 0.6 is 23.2 Å². The molecule has 0 radical (unpaired) electrons. The number of carbonyl (C=O) groups is 2. The first-order valence-electron chi connectivity index (χ1n) is 10.4. The van der Waals surface area contributed by atoms with Crippen LogP contribution in [0.25, 0.3) is 5.76 Å². The Bertz CT molecular complexity index is 1130. The van der Waals surface area contributed by atoms with Crippen molar-refractivity contribution in [3.8, 4) is 5.75 Å². The van der Waals surface area contributed by atoms with E-state index in [4.69, 9.17) is 27.9 Å². The van der Waals surface area contributed by atoms with Gasteiger partial charge in [-0.2, -0.15) is 0 Å². The van der Waals surface area contributed by atoms with Crippen molar-refractivity contribution in [3.05, 3.63) is 68.7 Å². The molecule has 2 aromatic rings. The minimum atomic E-state index is -0.770. The summed E-state index contributed by atoms with van der Waals surface area (Å²) in [6.07, 6.45) is 0.763. The predicted molar refractivity (Wildman–Crippen MR) is 124 cm³/mol. The first-order chi connectivity index (χ1) is 15.2. The molecule has 2 atom stereocenters. The SMILES string of the molecule is CC1Cc2cc(C(O)=C3C(=O)C(=O)N(CCN(C)C)C3c3ccc(Cl)c(Cl)c3)ccc2O1. The summed E-state index contributed by atoms with van der Waals surface area (Å²) < 4.78 is 5.73. The maximum Gasteiger partial charge on any atom is 0.295 e. The molecule has 32 heavy (non-hydrogen) atoms. The van der Waals surface area contributed by atoms with Gasteiger partial charge in [-0.05, 0) is 62.5 Å². The Hall–Kier alpha value is -2.54. The van der Waals surface area contributed by atoms with E-state index < -0.39 is 17.7 Å². The average molecular weight is 475 g/mol.